The van der Waals surface area contributed by atoms with Gasteiger partial charge in [0.25, 0.3) is 17.7 Å². The molecule has 3 aromatic rings. The number of anilines is 1. The molecule has 32 heavy (non-hydrogen) atoms. The van der Waals surface area contributed by atoms with E-state index in [0.29, 0.717) is 48.3 Å². The predicted molar refractivity (Wildman–Crippen MR) is 126 cm³/mol. The minimum Gasteiger partial charge on any atom is -0.349 e. The molecule has 0 atom stereocenters. The van der Waals surface area contributed by atoms with Crippen LogP contribution in [0.5, 0.6) is 0 Å². The molecule has 164 valence electrons. The lowest BCUT2D eigenvalue weighted by molar-refractivity contribution is 0.0699. The van der Waals surface area contributed by atoms with Crippen molar-refractivity contribution in [2.45, 2.75) is 25.8 Å². The first-order valence-corrected chi connectivity index (χ1v) is 11.6. The smallest absolute Gasteiger partial charge is 0.256 e. The molecule has 1 aliphatic heterocycles. The number of aryl methyl sites for hydroxylation is 1. The number of hydrogen-bond acceptors (Lipinski definition) is 4. The van der Waals surface area contributed by atoms with Gasteiger partial charge in [-0.05, 0) is 55.0 Å². The number of para-hydroxylation sites is 1. The fraction of sp³-hybridized carbons (Fsp3) is 0.240. The number of piperidine rings is 1. The fourth-order valence-electron chi connectivity index (χ4n) is 3.85. The normalized spacial score (nSPS) is 14.1. The first-order valence-electron chi connectivity index (χ1n) is 10.6. The maximum atomic E-state index is 13.2. The molecule has 1 fully saturated rings. The Balaban J connectivity index is 1.37. The Hall–Kier alpha value is -3.45. The Bertz CT molecular complexity index is 1120. The molecule has 1 saturated heterocycles. The van der Waals surface area contributed by atoms with Crippen molar-refractivity contribution in [3.8, 4) is 0 Å². The van der Waals surface area contributed by atoms with Gasteiger partial charge in [0, 0.05) is 30.1 Å². The summed E-state index contributed by atoms with van der Waals surface area (Å²) in [4.78, 5) is 40.0. The molecular weight excluding hydrogens is 422 g/mol. The molecule has 4 rings (SSSR count). The van der Waals surface area contributed by atoms with Gasteiger partial charge in [-0.2, -0.15) is 11.3 Å². The van der Waals surface area contributed by atoms with Crippen molar-refractivity contribution in [1.29, 1.82) is 0 Å². The SMILES string of the molecule is Cc1ccccc1C(=O)NC1CCN(C(=O)c2ccccc2NC(=O)c2ccsc2)CC1. The predicted octanol–water partition coefficient (Wildman–Crippen LogP) is 4.34. The zero-order valence-electron chi connectivity index (χ0n) is 17.8. The van der Waals surface area contributed by atoms with Crippen LogP contribution in [-0.4, -0.2) is 41.8 Å². The number of benzene rings is 2. The molecule has 1 aliphatic rings. The van der Waals surface area contributed by atoms with Gasteiger partial charge in [-0.15, -0.1) is 0 Å². The monoisotopic (exact) mass is 447 g/mol. The zero-order valence-corrected chi connectivity index (χ0v) is 18.7. The number of rotatable bonds is 5. The molecule has 6 nitrogen and oxygen atoms in total. The van der Waals surface area contributed by atoms with Crippen LogP contribution in [0.25, 0.3) is 0 Å². The maximum absolute atomic E-state index is 13.2. The molecule has 1 aromatic heterocycles. The molecule has 0 bridgehead atoms. The second-order valence-electron chi connectivity index (χ2n) is 7.87. The minimum atomic E-state index is -0.232. The van der Waals surface area contributed by atoms with Crippen LogP contribution in [0.15, 0.2) is 65.4 Å². The van der Waals surface area contributed by atoms with Crippen LogP contribution < -0.4 is 10.6 Å². The van der Waals surface area contributed by atoms with Crippen molar-refractivity contribution in [3.05, 3.63) is 87.6 Å². The topological polar surface area (TPSA) is 78.5 Å². The van der Waals surface area contributed by atoms with E-state index in [1.165, 1.54) is 11.3 Å². The number of hydrogen-bond donors (Lipinski definition) is 2. The summed E-state index contributed by atoms with van der Waals surface area (Å²) in [6.07, 6.45) is 1.37. The first kappa shape index (κ1) is 21.8. The van der Waals surface area contributed by atoms with Gasteiger partial charge in [-0.1, -0.05) is 30.3 Å². The van der Waals surface area contributed by atoms with E-state index in [0.717, 1.165) is 5.56 Å². The zero-order chi connectivity index (χ0) is 22.5. The van der Waals surface area contributed by atoms with Crippen molar-refractivity contribution in [1.82, 2.24) is 10.2 Å². The highest BCUT2D eigenvalue weighted by Gasteiger charge is 2.26. The molecule has 3 amide bonds. The Kier molecular flexibility index (Phi) is 6.66. The highest BCUT2D eigenvalue weighted by atomic mass is 32.1. The Labute approximate surface area is 191 Å². The number of amides is 3. The van der Waals surface area contributed by atoms with E-state index in [9.17, 15) is 14.4 Å². The summed E-state index contributed by atoms with van der Waals surface area (Å²) in [6, 6.07) is 16.4. The minimum absolute atomic E-state index is 0.0275. The Morgan fingerprint density at radius 3 is 2.28 bits per heavy atom. The molecular formula is C25H25N3O3S. The number of nitrogens with zero attached hydrogens (tertiary/aromatic N) is 1. The standard InChI is InChI=1S/C25H25N3O3S/c1-17-6-2-3-7-20(17)24(30)26-19-10-13-28(14-11-19)25(31)21-8-4-5-9-22(21)27-23(29)18-12-15-32-16-18/h2-9,12,15-16,19H,10-11,13-14H2,1H3,(H,26,30)(H,27,29). The van der Waals surface area contributed by atoms with Crippen LogP contribution in [0.3, 0.4) is 0 Å². The second-order valence-corrected chi connectivity index (χ2v) is 8.65. The second kappa shape index (κ2) is 9.78. The molecule has 0 radical (unpaired) electrons. The summed E-state index contributed by atoms with van der Waals surface area (Å²) in [6.45, 7) is 3.01. The Morgan fingerprint density at radius 2 is 1.59 bits per heavy atom. The average Bonchev–Trinajstić information content (AvgIpc) is 3.35. The maximum Gasteiger partial charge on any atom is 0.256 e. The lowest BCUT2D eigenvalue weighted by Gasteiger charge is -2.33. The number of likely N-dealkylation sites (tertiary alicyclic amines) is 1. The highest BCUT2D eigenvalue weighted by molar-refractivity contribution is 7.08. The van der Waals surface area contributed by atoms with E-state index in [-0.39, 0.29) is 23.8 Å². The van der Waals surface area contributed by atoms with Gasteiger partial charge < -0.3 is 15.5 Å². The third-order valence-electron chi connectivity index (χ3n) is 5.70. The third kappa shape index (κ3) is 4.89. The summed E-state index contributed by atoms with van der Waals surface area (Å²) in [5.41, 5.74) is 3.17. The summed E-state index contributed by atoms with van der Waals surface area (Å²) in [7, 11) is 0. The van der Waals surface area contributed by atoms with Crippen molar-refractivity contribution in [2.24, 2.45) is 0 Å². The highest BCUT2D eigenvalue weighted by Crippen LogP contribution is 2.22. The summed E-state index contributed by atoms with van der Waals surface area (Å²) in [5, 5.41) is 9.56. The van der Waals surface area contributed by atoms with E-state index in [2.05, 4.69) is 10.6 Å². The van der Waals surface area contributed by atoms with Gasteiger partial charge in [0.1, 0.15) is 0 Å². The van der Waals surface area contributed by atoms with E-state index < -0.39 is 0 Å². The molecule has 2 heterocycles. The largest absolute Gasteiger partial charge is 0.349 e. The van der Waals surface area contributed by atoms with Gasteiger partial charge in [0.2, 0.25) is 0 Å². The van der Waals surface area contributed by atoms with Crippen LogP contribution in [-0.2, 0) is 0 Å². The van der Waals surface area contributed by atoms with Crippen LogP contribution in [0, 0.1) is 6.92 Å². The van der Waals surface area contributed by atoms with Gasteiger partial charge in [0.05, 0.1) is 16.8 Å². The summed E-state index contributed by atoms with van der Waals surface area (Å²) < 4.78 is 0. The number of thiophene rings is 1. The van der Waals surface area contributed by atoms with E-state index in [1.54, 1.807) is 40.6 Å². The van der Waals surface area contributed by atoms with Crippen LogP contribution in [0.4, 0.5) is 5.69 Å². The van der Waals surface area contributed by atoms with E-state index in [4.69, 9.17) is 0 Å². The lowest BCUT2D eigenvalue weighted by Crippen LogP contribution is -2.46. The number of nitrogens with one attached hydrogen (secondary N) is 2. The molecule has 0 saturated carbocycles. The van der Waals surface area contributed by atoms with Crippen LogP contribution in [0.1, 0.15) is 49.5 Å². The quantitative estimate of drug-likeness (QED) is 0.611. The molecule has 0 unspecified atom stereocenters. The molecule has 0 spiro atoms. The molecule has 2 N–H and O–H groups in total. The molecule has 7 heteroatoms. The van der Waals surface area contributed by atoms with Crippen molar-refractivity contribution in [2.75, 3.05) is 18.4 Å². The number of carbonyl (C=O) groups excluding carboxylic acids is 3. The fourth-order valence-corrected chi connectivity index (χ4v) is 4.49. The van der Waals surface area contributed by atoms with Gasteiger partial charge in [-0.25, -0.2) is 0 Å². The van der Waals surface area contributed by atoms with Crippen LogP contribution >= 0.6 is 11.3 Å². The molecule has 2 aromatic carbocycles. The number of carbonyl (C=O) groups is 3. The van der Waals surface area contributed by atoms with Crippen molar-refractivity contribution >= 4 is 34.7 Å². The van der Waals surface area contributed by atoms with Crippen molar-refractivity contribution in [3.63, 3.8) is 0 Å². The Morgan fingerprint density at radius 1 is 0.906 bits per heavy atom. The van der Waals surface area contributed by atoms with Gasteiger partial charge in [-0.3, -0.25) is 14.4 Å². The van der Waals surface area contributed by atoms with Crippen LogP contribution in [0.2, 0.25) is 0 Å². The summed E-state index contributed by atoms with van der Waals surface area (Å²) in [5.74, 6) is -0.423. The summed E-state index contributed by atoms with van der Waals surface area (Å²) >= 11 is 1.45. The third-order valence-corrected chi connectivity index (χ3v) is 6.38. The van der Waals surface area contributed by atoms with E-state index in [1.807, 2.05) is 36.6 Å². The lowest BCUT2D eigenvalue weighted by atomic mass is 10.0. The van der Waals surface area contributed by atoms with Gasteiger partial charge >= 0.3 is 0 Å². The van der Waals surface area contributed by atoms with Crippen molar-refractivity contribution < 1.29 is 14.4 Å². The van der Waals surface area contributed by atoms with E-state index >= 15 is 0 Å². The average molecular weight is 448 g/mol. The van der Waals surface area contributed by atoms with Gasteiger partial charge in [0.15, 0.2) is 0 Å². The first-order chi connectivity index (χ1) is 15.5. The molecule has 0 aliphatic carbocycles.